The summed E-state index contributed by atoms with van der Waals surface area (Å²) in [5.41, 5.74) is 1.10. The van der Waals surface area contributed by atoms with Crippen LogP contribution < -0.4 is 0 Å². The lowest BCUT2D eigenvalue weighted by atomic mass is 10.1. The van der Waals surface area contributed by atoms with E-state index in [1.165, 1.54) is 18.2 Å². The van der Waals surface area contributed by atoms with Crippen molar-refractivity contribution in [3.05, 3.63) is 52.4 Å². The van der Waals surface area contributed by atoms with Crippen molar-refractivity contribution >= 4 is 23.2 Å². The van der Waals surface area contributed by atoms with Gasteiger partial charge in [0.2, 0.25) is 0 Å². The third-order valence-electron chi connectivity index (χ3n) is 1.92. The lowest BCUT2D eigenvalue weighted by Gasteiger charge is -2.03. The van der Waals surface area contributed by atoms with Gasteiger partial charge in [-0.1, -0.05) is 29.3 Å². The molecule has 0 amide bonds. The third-order valence-corrected chi connectivity index (χ3v) is 2.46. The van der Waals surface area contributed by atoms with E-state index in [1.54, 1.807) is 18.2 Å². The zero-order valence-corrected chi connectivity index (χ0v) is 9.06. The van der Waals surface area contributed by atoms with Crippen molar-refractivity contribution in [1.82, 2.24) is 4.98 Å². The first-order valence-corrected chi connectivity index (χ1v) is 5.00. The van der Waals surface area contributed by atoms with Gasteiger partial charge in [0.05, 0.1) is 10.7 Å². The number of hydrogen-bond donors (Lipinski definition) is 0. The molecule has 0 saturated carbocycles. The van der Waals surface area contributed by atoms with Crippen LogP contribution >= 0.6 is 23.2 Å². The number of halogens is 3. The minimum Gasteiger partial charge on any atom is -0.236 e. The van der Waals surface area contributed by atoms with Crippen LogP contribution in [0.15, 0.2) is 36.4 Å². The van der Waals surface area contributed by atoms with Gasteiger partial charge in [-0.05, 0) is 30.3 Å². The Labute approximate surface area is 96.5 Å². The van der Waals surface area contributed by atoms with E-state index in [4.69, 9.17) is 23.2 Å². The molecule has 0 spiro atoms. The van der Waals surface area contributed by atoms with E-state index in [2.05, 4.69) is 4.98 Å². The molecule has 0 radical (unpaired) electrons. The summed E-state index contributed by atoms with van der Waals surface area (Å²) in [6, 6.07) is 9.25. The molecule has 0 unspecified atom stereocenters. The molecule has 0 fully saturated rings. The summed E-state index contributed by atoms with van der Waals surface area (Å²) in [6.07, 6.45) is 0. The van der Waals surface area contributed by atoms with Gasteiger partial charge in [-0.3, -0.25) is 0 Å². The van der Waals surface area contributed by atoms with Gasteiger partial charge in [0.15, 0.2) is 0 Å². The molecular formula is C11H6Cl2FN. The van der Waals surface area contributed by atoms with Crippen molar-refractivity contribution in [2.75, 3.05) is 0 Å². The van der Waals surface area contributed by atoms with Crippen LogP contribution in [0.5, 0.6) is 0 Å². The highest BCUT2D eigenvalue weighted by atomic mass is 35.5. The molecule has 2 aromatic rings. The highest BCUT2D eigenvalue weighted by Crippen LogP contribution is 2.27. The molecule has 2 rings (SSSR count). The second-order valence-corrected chi connectivity index (χ2v) is 3.76. The number of nitrogens with zero attached hydrogens (tertiary/aromatic N) is 1. The van der Waals surface area contributed by atoms with Crippen LogP contribution in [0.3, 0.4) is 0 Å². The average molecular weight is 242 g/mol. The van der Waals surface area contributed by atoms with Crippen molar-refractivity contribution in [3.63, 3.8) is 0 Å². The van der Waals surface area contributed by atoms with E-state index in [1.807, 2.05) is 0 Å². The SMILES string of the molecule is Fc1ccc(Cl)c(-c2cccc(Cl)n2)c1. The smallest absolute Gasteiger partial charge is 0.129 e. The minimum absolute atomic E-state index is 0.351. The summed E-state index contributed by atoms with van der Waals surface area (Å²) < 4.78 is 13.0. The molecule has 0 aliphatic heterocycles. The van der Waals surface area contributed by atoms with Gasteiger partial charge in [-0.25, -0.2) is 9.37 Å². The lowest BCUT2D eigenvalue weighted by molar-refractivity contribution is 0.628. The molecular weight excluding hydrogens is 236 g/mol. The van der Waals surface area contributed by atoms with Crippen LogP contribution in [0.2, 0.25) is 10.2 Å². The maximum atomic E-state index is 13.0. The largest absolute Gasteiger partial charge is 0.236 e. The van der Waals surface area contributed by atoms with E-state index < -0.39 is 0 Å². The molecule has 0 aliphatic rings. The summed E-state index contributed by atoms with van der Waals surface area (Å²) >= 11 is 11.7. The summed E-state index contributed by atoms with van der Waals surface area (Å²) in [5.74, 6) is -0.351. The van der Waals surface area contributed by atoms with Crippen molar-refractivity contribution in [2.45, 2.75) is 0 Å². The molecule has 15 heavy (non-hydrogen) atoms. The molecule has 1 nitrogen and oxygen atoms in total. The summed E-state index contributed by atoms with van der Waals surface area (Å²) in [7, 11) is 0. The predicted octanol–water partition coefficient (Wildman–Crippen LogP) is 4.19. The van der Waals surface area contributed by atoms with Crippen LogP contribution in [0.25, 0.3) is 11.3 Å². The Morgan fingerprint density at radius 3 is 2.60 bits per heavy atom. The van der Waals surface area contributed by atoms with Crippen LogP contribution in [-0.4, -0.2) is 4.98 Å². The Kier molecular flexibility index (Phi) is 2.89. The maximum Gasteiger partial charge on any atom is 0.129 e. The Hall–Kier alpha value is -1.12. The first-order chi connectivity index (χ1) is 7.16. The van der Waals surface area contributed by atoms with Crippen LogP contribution in [0, 0.1) is 5.82 Å². The standard InChI is InChI=1S/C11H6Cl2FN/c12-9-5-4-7(14)6-8(9)10-2-1-3-11(13)15-10/h1-6H. The number of hydrogen-bond acceptors (Lipinski definition) is 1. The van der Waals surface area contributed by atoms with Gasteiger partial charge in [-0.2, -0.15) is 0 Å². The maximum absolute atomic E-state index is 13.0. The van der Waals surface area contributed by atoms with E-state index >= 15 is 0 Å². The fourth-order valence-electron chi connectivity index (χ4n) is 1.25. The second kappa shape index (κ2) is 4.17. The second-order valence-electron chi connectivity index (χ2n) is 2.97. The molecule has 4 heteroatoms. The average Bonchev–Trinajstić information content (AvgIpc) is 2.22. The normalized spacial score (nSPS) is 10.3. The van der Waals surface area contributed by atoms with Crippen molar-refractivity contribution in [1.29, 1.82) is 0 Å². The Balaban J connectivity index is 2.58. The Bertz CT molecular complexity index is 500. The summed E-state index contributed by atoms with van der Waals surface area (Å²) in [4.78, 5) is 4.06. The molecule has 76 valence electrons. The Morgan fingerprint density at radius 1 is 1.07 bits per heavy atom. The molecule has 0 bridgehead atoms. The molecule has 1 heterocycles. The van der Waals surface area contributed by atoms with Crippen LogP contribution in [0.1, 0.15) is 0 Å². The first-order valence-electron chi connectivity index (χ1n) is 4.25. The highest BCUT2D eigenvalue weighted by molar-refractivity contribution is 6.33. The predicted molar refractivity (Wildman–Crippen MR) is 59.7 cm³/mol. The van der Waals surface area contributed by atoms with Gasteiger partial charge < -0.3 is 0 Å². The molecule has 0 atom stereocenters. The van der Waals surface area contributed by atoms with E-state index in [0.29, 0.717) is 21.4 Å². The van der Waals surface area contributed by atoms with Gasteiger partial charge in [-0.15, -0.1) is 0 Å². The molecule has 0 aliphatic carbocycles. The summed E-state index contributed by atoms with van der Waals surface area (Å²) in [6.45, 7) is 0. The fraction of sp³-hybridized carbons (Fsp3) is 0. The molecule has 1 aromatic heterocycles. The highest BCUT2D eigenvalue weighted by Gasteiger charge is 2.06. The molecule has 0 N–H and O–H groups in total. The van der Waals surface area contributed by atoms with Gasteiger partial charge in [0.25, 0.3) is 0 Å². The van der Waals surface area contributed by atoms with Gasteiger partial charge >= 0.3 is 0 Å². The number of benzene rings is 1. The summed E-state index contributed by atoms with van der Waals surface area (Å²) in [5, 5.41) is 0.805. The molecule has 1 aromatic carbocycles. The zero-order chi connectivity index (χ0) is 10.8. The molecule has 0 saturated heterocycles. The number of aromatic nitrogens is 1. The van der Waals surface area contributed by atoms with E-state index in [-0.39, 0.29) is 5.82 Å². The number of pyridine rings is 1. The van der Waals surface area contributed by atoms with Crippen LogP contribution in [0.4, 0.5) is 4.39 Å². The van der Waals surface area contributed by atoms with Crippen molar-refractivity contribution in [3.8, 4) is 11.3 Å². The van der Waals surface area contributed by atoms with Crippen LogP contribution in [-0.2, 0) is 0 Å². The topological polar surface area (TPSA) is 12.9 Å². The monoisotopic (exact) mass is 241 g/mol. The third kappa shape index (κ3) is 2.28. The quantitative estimate of drug-likeness (QED) is 0.683. The Morgan fingerprint density at radius 2 is 1.87 bits per heavy atom. The van der Waals surface area contributed by atoms with Gasteiger partial charge in [0.1, 0.15) is 11.0 Å². The number of rotatable bonds is 1. The van der Waals surface area contributed by atoms with Gasteiger partial charge in [0, 0.05) is 5.56 Å². The van der Waals surface area contributed by atoms with E-state index in [0.717, 1.165) is 0 Å². The van der Waals surface area contributed by atoms with E-state index in [9.17, 15) is 4.39 Å². The lowest BCUT2D eigenvalue weighted by Crippen LogP contribution is -1.86. The minimum atomic E-state index is -0.351. The first kappa shape index (κ1) is 10.4. The van der Waals surface area contributed by atoms with Crippen molar-refractivity contribution in [2.24, 2.45) is 0 Å². The fourth-order valence-corrected chi connectivity index (χ4v) is 1.63. The zero-order valence-electron chi connectivity index (χ0n) is 7.55. The van der Waals surface area contributed by atoms with Crippen molar-refractivity contribution < 1.29 is 4.39 Å².